The Balaban J connectivity index is 2.35. The first-order chi connectivity index (χ1) is 10.0. The maximum absolute atomic E-state index is 12.3. The number of sulfonamides is 1. The van der Waals surface area contributed by atoms with Crippen LogP contribution in [0.15, 0.2) is 23.1 Å². The molecule has 11 heteroatoms. The zero-order chi connectivity index (χ0) is 16.7. The Kier molecular flexibility index (Phi) is 4.74. The van der Waals surface area contributed by atoms with E-state index in [2.05, 4.69) is 4.72 Å². The van der Waals surface area contributed by atoms with Gasteiger partial charge >= 0.3 is 5.97 Å². The fraction of sp³-hybridized carbons (Fsp3) is 0.364. The van der Waals surface area contributed by atoms with Crippen LogP contribution < -0.4 is 4.72 Å². The number of sulfone groups is 1. The van der Waals surface area contributed by atoms with Gasteiger partial charge in [-0.25, -0.2) is 26.4 Å². The predicted molar refractivity (Wildman–Crippen MR) is 80.8 cm³/mol. The molecule has 2 atom stereocenters. The van der Waals surface area contributed by atoms with Crippen molar-refractivity contribution in [2.24, 2.45) is 0 Å². The lowest BCUT2D eigenvalue weighted by atomic mass is 10.2. The van der Waals surface area contributed by atoms with Gasteiger partial charge in [0.1, 0.15) is 4.90 Å². The van der Waals surface area contributed by atoms with E-state index in [0.717, 1.165) is 18.2 Å². The molecule has 0 aliphatic carbocycles. The van der Waals surface area contributed by atoms with E-state index in [1.54, 1.807) is 0 Å². The highest BCUT2D eigenvalue weighted by Gasteiger charge is 2.39. The zero-order valence-electron chi connectivity index (χ0n) is 10.9. The number of nitrogens with one attached hydrogen (secondary N) is 1. The Morgan fingerprint density at radius 3 is 2.45 bits per heavy atom. The van der Waals surface area contributed by atoms with Crippen molar-refractivity contribution >= 4 is 49.0 Å². The molecule has 1 aromatic rings. The summed E-state index contributed by atoms with van der Waals surface area (Å²) in [5.74, 6) is -2.06. The lowest BCUT2D eigenvalue weighted by molar-refractivity contribution is 0.0696. The molecule has 2 N–H and O–H groups in total. The number of halogens is 2. The first-order valence-electron chi connectivity index (χ1n) is 5.91. The van der Waals surface area contributed by atoms with Crippen molar-refractivity contribution in [3.05, 3.63) is 28.8 Å². The molecule has 0 spiro atoms. The molecule has 1 aromatic carbocycles. The van der Waals surface area contributed by atoms with Gasteiger partial charge in [0.2, 0.25) is 10.0 Å². The molecule has 122 valence electrons. The molecule has 0 bridgehead atoms. The van der Waals surface area contributed by atoms with Gasteiger partial charge in [-0.1, -0.05) is 11.6 Å². The van der Waals surface area contributed by atoms with Crippen LogP contribution in [0.25, 0.3) is 0 Å². The van der Waals surface area contributed by atoms with Crippen molar-refractivity contribution in [1.82, 2.24) is 4.72 Å². The molecule has 0 amide bonds. The molecule has 1 saturated heterocycles. The van der Waals surface area contributed by atoms with E-state index in [1.165, 1.54) is 0 Å². The molecular formula is C11H11Cl2NO6S2. The van der Waals surface area contributed by atoms with Gasteiger partial charge in [0.25, 0.3) is 0 Å². The van der Waals surface area contributed by atoms with E-state index in [0.29, 0.717) is 0 Å². The fourth-order valence-corrected chi connectivity index (χ4v) is 6.55. The molecule has 1 aliphatic rings. The third-order valence-electron chi connectivity index (χ3n) is 3.06. The summed E-state index contributed by atoms with van der Waals surface area (Å²) < 4.78 is 49.7. The topological polar surface area (TPSA) is 118 Å². The molecule has 0 aromatic heterocycles. The van der Waals surface area contributed by atoms with E-state index in [1.807, 2.05) is 0 Å². The molecule has 0 radical (unpaired) electrons. The number of benzene rings is 1. The summed E-state index contributed by atoms with van der Waals surface area (Å²) in [6.07, 6.45) is 0. The normalized spacial score (nSPS) is 24.3. The van der Waals surface area contributed by atoms with Crippen LogP contribution in [0.4, 0.5) is 0 Å². The minimum atomic E-state index is -4.21. The number of hydrogen-bond donors (Lipinski definition) is 2. The van der Waals surface area contributed by atoms with Gasteiger partial charge in [0.15, 0.2) is 9.84 Å². The Morgan fingerprint density at radius 2 is 1.95 bits per heavy atom. The molecule has 1 aliphatic heterocycles. The molecule has 7 nitrogen and oxygen atoms in total. The van der Waals surface area contributed by atoms with Gasteiger partial charge in [-0.3, -0.25) is 0 Å². The largest absolute Gasteiger partial charge is 0.478 e. The number of carboxylic acids is 1. The van der Waals surface area contributed by atoms with Gasteiger partial charge in [0.05, 0.1) is 33.5 Å². The van der Waals surface area contributed by atoms with Crippen LogP contribution >= 0.6 is 23.2 Å². The van der Waals surface area contributed by atoms with Crippen molar-refractivity contribution in [3.8, 4) is 0 Å². The second kappa shape index (κ2) is 5.97. The van der Waals surface area contributed by atoms with Gasteiger partial charge in [-0.2, -0.15) is 0 Å². The van der Waals surface area contributed by atoms with Crippen LogP contribution in [0, 0.1) is 0 Å². The summed E-state index contributed by atoms with van der Waals surface area (Å²) in [4.78, 5) is 10.5. The number of hydrogen-bond acceptors (Lipinski definition) is 5. The summed E-state index contributed by atoms with van der Waals surface area (Å²) in [6, 6.07) is 2.21. The van der Waals surface area contributed by atoms with E-state index in [4.69, 9.17) is 28.3 Å². The Morgan fingerprint density at radius 1 is 1.32 bits per heavy atom. The highest BCUT2D eigenvalue weighted by atomic mass is 35.5. The maximum atomic E-state index is 12.3. The Hall–Kier alpha value is -0.870. The van der Waals surface area contributed by atoms with Gasteiger partial charge in [0, 0.05) is 0 Å². The van der Waals surface area contributed by atoms with Crippen molar-refractivity contribution < 1.29 is 26.7 Å². The van der Waals surface area contributed by atoms with Crippen LogP contribution in [0.1, 0.15) is 10.4 Å². The number of alkyl halides is 1. The van der Waals surface area contributed by atoms with Crippen LogP contribution in [0.5, 0.6) is 0 Å². The number of aromatic carboxylic acids is 1. The second-order valence-corrected chi connectivity index (χ2v) is 9.58. The molecule has 0 saturated carbocycles. The summed E-state index contributed by atoms with van der Waals surface area (Å²) in [6.45, 7) is 0. The first-order valence-corrected chi connectivity index (χ1v) is 10.0. The monoisotopic (exact) mass is 387 g/mol. The van der Waals surface area contributed by atoms with Crippen molar-refractivity contribution in [2.75, 3.05) is 11.5 Å². The van der Waals surface area contributed by atoms with E-state index in [9.17, 15) is 21.6 Å². The Labute approximate surface area is 137 Å². The summed E-state index contributed by atoms with van der Waals surface area (Å²) in [7, 11) is -7.62. The molecule has 0 unspecified atom stereocenters. The van der Waals surface area contributed by atoms with Crippen LogP contribution in [-0.4, -0.2) is 50.8 Å². The fourth-order valence-electron chi connectivity index (χ4n) is 2.02. The number of carboxylic acid groups (broad SMARTS) is 1. The van der Waals surface area contributed by atoms with E-state index in [-0.39, 0.29) is 16.3 Å². The highest BCUT2D eigenvalue weighted by Crippen LogP contribution is 2.25. The minimum Gasteiger partial charge on any atom is -0.478 e. The smallest absolute Gasteiger partial charge is 0.335 e. The molecule has 1 heterocycles. The van der Waals surface area contributed by atoms with Crippen molar-refractivity contribution in [1.29, 1.82) is 0 Å². The lowest BCUT2D eigenvalue weighted by Crippen LogP contribution is -2.40. The third-order valence-corrected chi connectivity index (χ3v) is 7.40. The quantitative estimate of drug-likeness (QED) is 0.734. The Bertz CT molecular complexity index is 821. The molecule has 2 rings (SSSR count). The first kappa shape index (κ1) is 17.5. The van der Waals surface area contributed by atoms with E-state index >= 15 is 0 Å². The van der Waals surface area contributed by atoms with Crippen molar-refractivity contribution in [2.45, 2.75) is 16.3 Å². The highest BCUT2D eigenvalue weighted by molar-refractivity contribution is 7.92. The molecule has 22 heavy (non-hydrogen) atoms. The van der Waals surface area contributed by atoms with Gasteiger partial charge < -0.3 is 5.11 Å². The van der Waals surface area contributed by atoms with Gasteiger partial charge in [-0.15, -0.1) is 11.6 Å². The number of rotatable bonds is 4. The molecular weight excluding hydrogens is 377 g/mol. The van der Waals surface area contributed by atoms with Crippen LogP contribution in [0.3, 0.4) is 0 Å². The maximum Gasteiger partial charge on any atom is 0.335 e. The SMILES string of the molecule is O=C(O)c1ccc(Cl)c(S(=O)(=O)N[C@H]2CS(=O)(=O)C[C@H]2Cl)c1. The summed E-state index contributed by atoms with van der Waals surface area (Å²) in [5, 5.41) is 7.82. The standard InChI is InChI=1S/C11H11Cl2NO6S2/c12-7-2-1-6(11(15)16)3-10(7)22(19,20)14-9-5-21(17,18)4-8(9)13/h1-3,8-9,14H,4-5H2,(H,15,16)/t8-,9+/m1/s1. The van der Waals surface area contributed by atoms with Crippen LogP contribution in [0.2, 0.25) is 5.02 Å². The summed E-state index contributed by atoms with van der Waals surface area (Å²) >= 11 is 11.6. The second-order valence-electron chi connectivity index (χ2n) is 4.77. The minimum absolute atomic E-state index is 0.176. The van der Waals surface area contributed by atoms with Crippen molar-refractivity contribution in [3.63, 3.8) is 0 Å². The molecule has 1 fully saturated rings. The average molecular weight is 388 g/mol. The summed E-state index contributed by atoms with van der Waals surface area (Å²) in [5.41, 5.74) is -0.258. The lowest BCUT2D eigenvalue weighted by Gasteiger charge is -2.15. The van der Waals surface area contributed by atoms with Crippen LogP contribution in [-0.2, 0) is 19.9 Å². The van der Waals surface area contributed by atoms with Gasteiger partial charge in [-0.05, 0) is 18.2 Å². The van der Waals surface area contributed by atoms with E-state index < -0.39 is 47.9 Å². The zero-order valence-corrected chi connectivity index (χ0v) is 14.0. The third kappa shape index (κ3) is 3.72. The predicted octanol–water partition coefficient (Wildman–Crippen LogP) is 0.721. The number of carbonyl (C=O) groups is 1. The average Bonchev–Trinajstić information content (AvgIpc) is 2.61.